The zero-order valence-electron chi connectivity index (χ0n) is 12.3. The Labute approximate surface area is 123 Å². The quantitative estimate of drug-likeness (QED) is 0.638. The van der Waals surface area contributed by atoms with Gasteiger partial charge in [-0.25, -0.2) is 0 Å². The number of hydrogen-bond donors (Lipinski definition) is 2. The summed E-state index contributed by atoms with van der Waals surface area (Å²) in [5, 5.41) is 0. The zero-order chi connectivity index (χ0) is 15.5. The summed E-state index contributed by atoms with van der Waals surface area (Å²) in [5.41, 5.74) is 3.02. The molecule has 1 aliphatic carbocycles. The van der Waals surface area contributed by atoms with E-state index in [1.807, 2.05) is 0 Å². The van der Waals surface area contributed by atoms with Gasteiger partial charge in [0.1, 0.15) is 0 Å². The number of nitrogens with two attached hydrogens (primary N) is 1. The van der Waals surface area contributed by atoms with Gasteiger partial charge in [-0.1, -0.05) is 38.3 Å². The average molecular weight is 300 g/mol. The van der Waals surface area contributed by atoms with Crippen molar-refractivity contribution in [1.29, 1.82) is 0 Å². The lowest BCUT2D eigenvalue weighted by Crippen LogP contribution is -2.35. The molecule has 1 saturated carbocycles. The maximum Gasteiger partial charge on any atom is 0.416 e. The summed E-state index contributed by atoms with van der Waals surface area (Å²) in [6, 6.07) is 5.29. The third-order valence-corrected chi connectivity index (χ3v) is 4.72. The van der Waals surface area contributed by atoms with Gasteiger partial charge in [0.15, 0.2) is 0 Å². The molecule has 5 heteroatoms. The average Bonchev–Trinajstić information content (AvgIpc) is 2.48. The van der Waals surface area contributed by atoms with E-state index < -0.39 is 11.7 Å². The van der Waals surface area contributed by atoms with E-state index in [0.29, 0.717) is 5.92 Å². The second-order valence-corrected chi connectivity index (χ2v) is 5.95. The molecule has 0 saturated heterocycles. The number of benzene rings is 1. The van der Waals surface area contributed by atoms with Crippen molar-refractivity contribution in [2.45, 2.75) is 51.2 Å². The number of hydrogen-bond acceptors (Lipinski definition) is 2. The zero-order valence-corrected chi connectivity index (χ0v) is 12.3. The Hall–Kier alpha value is -1.07. The summed E-state index contributed by atoms with van der Waals surface area (Å²) in [6.07, 6.45) is 1.43. The predicted octanol–water partition coefficient (Wildman–Crippen LogP) is 4.43. The highest BCUT2D eigenvalue weighted by Gasteiger charge is 2.31. The number of rotatable bonds is 4. The Kier molecular flexibility index (Phi) is 5.27. The van der Waals surface area contributed by atoms with Crippen molar-refractivity contribution >= 4 is 0 Å². The molecule has 0 heterocycles. The molecule has 1 atom stereocenters. The van der Waals surface area contributed by atoms with Gasteiger partial charge < -0.3 is 0 Å². The lowest BCUT2D eigenvalue weighted by atomic mass is 9.76. The third-order valence-electron chi connectivity index (χ3n) is 4.72. The van der Waals surface area contributed by atoms with Crippen molar-refractivity contribution in [2.75, 3.05) is 0 Å². The maximum atomic E-state index is 12.6. The SMILES string of the molecule is CCC1CCC(C(NN)c2ccc(C(F)(F)F)cc2)CC1. The molecule has 1 aromatic rings. The highest BCUT2D eigenvalue weighted by Crippen LogP contribution is 2.38. The molecule has 1 unspecified atom stereocenters. The molecule has 2 nitrogen and oxygen atoms in total. The molecule has 3 N–H and O–H groups in total. The minimum atomic E-state index is -4.29. The number of nitrogens with one attached hydrogen (secondary N) is 1. The van der Waals surface area contributed by atoms with Gasteiger partial charge in [0, 0.05) is 6.04 Å². The van der Waals surface area contributed by atoms with Crippen LogP contribution in [-0.4, -0.2) is 0 Å². The van der Waals surface area contributed by atoms with E-state index >= 15 is 0 Å². The molecule has 0 bridgehead atoms. The molecule has 21 heavy (non-hydrogen) atoms. The fraction of sp³-hybridized carbons (Fsp3) is 0.625. The minimum absolute atomic E-state index is 0.0647. The molecule has 0 amide bonds. The summed E-state index contributed by atoms with van der Waals surface area (Å²) in [6.45, 7) is 2.21. The normalized spacial score (nSPS) is 24.8. The van der Waals surface area contributed by atoms with Crippen LogP contribution < -0.4 is 11.3 Å². The van der Waals surface area contributed by atoms with Crippen LogP contribution in [0.3, 0.4) is 0 Å². The van der Waals surface area contributed by atoms with Gasteiger partial charge >= 0.3 is 6.18 Å². The topological polar surface area (TPSA) is 38.0 Å². The molecular weight excluding hydrogens is 277 g/mol. The van der Waals surface area contributed by atoms with Gasteiger partial charge in [-0.05, 0) is 42.4 Å². The number of hydrazine groups is 1. The third kappa shape index (κ3) is 3.98. The molecule has 1 aliphatic rings. The smallest absolute Gasteiger partial charge is 0.271 e. The van der Waals surface area contributed by atoms with E-state index in [4.69, 9.17) is 5.84 Å². The molecular formula is C16H23F3N2. The second-order valence-electron chi connectivity index (χ2n) is 5.95. The monoisotopic (exact) mass is 300 g/mol. The van der Waals surface area contributed by atoms with Crippen LogP contribution in [0.5, 0.6) is 0 Å². The first-order valence-electron chi connectivity index (χ1n) is 7.59. The fourth-order valence-corrected chi connectivity index (χ4v) is 3.31. The van der Waals surface area contributed by atoms with Crippen LogP contribution in [0.4, 0.5) is 13.2 Å². The van der Waals surface area contributed by atoms with Gasteiger partial charge in [-0.15, -0.1) is 0 Å². The van der Waals surface area contributed by atoms with Crippen LogP contribution in [0.25, 0.3) is 0 Å². The standard InChI is InChI=1S/C16H23F3N2/c1-2-11-3-5-12(6-4-11)15(21-20)13-7-9-14(10-8-13)16(17,18)19/h7-12,15,21H,2-6,20H2,1H3. The molecule has 0 aliphatic heterocycles. The van der Waals surface area contributed by atoms with Gasteiger partial charge in [0.2, 0.25) is 0 Å². The van der Waals surface area contributed by atoms with Crippen molar-refractivity contribution in [3.8, 4) is 0 Å². The molecule has 1 aromatic carbocycles. The number of alkyl halides is 3. The van der Waals surface area contributed by atoms with Crippen LogP contribution in [0.1, 0.15) is 56.2 Å². The van der Waals surface area contributed by atoms with Crippen molar-refractivity contribution in [1.82, 2.24) is 5.43 Å². The van der Waals surface area contributed by atoms with Crippen LogP contribution in [0.15, 0.2) is 24.3 Å². The van der Waals surface area contributed by atoms with E-state index in [1.165, 1.54) is 19.3 Å². The Morgan fingerprint density at radius 1 is 1.14 bits per heavy atom. The Bertz CT molecular complexity index is 434. The first-order chi connectivity index (χ1) is 9.95. The van der Waals surface area contributed by atoms with E-state index in [-0.39, 0.29) is 6.04 Å². The number of halogens is 3. The maximum absolute atomic E-state index is 12.6. The van der Waals surface area contributed by atoms with Crippen molar-refractivity contribution < 1.29 is 13.2 Å². The van der Waals surface area contributed by atoms with E-state index in [2.05, 4.69) is 12.3 Å². The highest BCUT2D eigenvalue weighted by atomic mass is 19.4. The molecule has 1 fully saturated rings. The lowest BCUT2D eigenvalue weighted by molar-refractivity contribution is -0.137. The summed E-state index contributed by atoms with van der Waals surface area (Å²) in [5.74, 6) is 6.84. The minimum Gasteiger partial charge on any atom is -0.271 e. The summed E-state index contributed by atoms with van der Waals surface area (Å²) < 4.78 is 37.8. The van der Waals surface area contributed by atoms with Gasteiger partial charge in [0.05, 0.1) is 5.56 Å². The van der Waals surface area contributed by atoms with Crippen LogP contribution in [0, 0.1) is 11.8 Å². The largest absolute Gasteiger partial charge is 0.416 e. The summed E-state index contributed by atoms with van der Waals surface area (Å²) in [4.78, 5) is 0. The first kappa shape index (κ1) is 16.3. The van der Waals surface area contributed by atoms with Gasteiger partial charge in [0.25, 0.3) is 0 Å². The van der Waals surface area contributed by atoms with Crippen LogP contribution in [-0.2, 0) is 6.18 Å². The van der Waals surface area contributed by atoms with E-state index in [0.717, 1.165) is 36.5 Å². The first-order valence-corrected chi connectivity index (χ1v) is 7.59. The molecule has 2 rings (SSSR count). The van der Waals surface area contributed by atoms with Crippen LogP contribution >= 0.6 is 0 Å². The summed E-state index contributed by atoms with van der Waals surface area (Å²) in [7, 11) is 0. The highest BCUT2D eigenvalue weighted by molar-refractivity contribution is 5.27. The molecule has 118 valence electrons. The Morgan fingerprint density at radius 2 is 1.71 bits per heavy atom. The van der Waals surface area contributed by atoms with Crippen LogP contribution in [0.2, 0.25) is 0 Å². The van der Waals surface area contributed by atoms with Crippen molar-refractivity contribution in [2.24, 2.45) is 17.7 Å². The van der Waals surface area contributed by atoms with Gasteiger partial charge in [-0.3, -0.25) is 11.3 Å². The second kappa shape index (κ2) is 6.79. The Morgan fingerprint density at radius 3 is 2.14 bits per heavy atom. The van der Waals surface area contributed by atoms with E-state index in [1.54, 1.807) is 12.1 Å². The van der Waals surface area contributed by atoms with Crippen molar-refractivity contribution in [3.05, 3.63) is 35.4 Å². The molecule has 0 aromatic heterocycles. The van der Waals surface area contributed by atoms with Gasteiger partial charge in [-0.2, -0.15) is 13.2 Å². The molecule has 0 radical (unpaired) electrons. The fourth-order valence-electron chi connectivity index (χ4n) is 3.31. The van der Waals surface area contributed by atoms with Crippen molar-refractivity contribution in [3.63, 3.8) is 0 Å². The summed E-state index contributed by atoms with van der Waals surface area (Å²) >= 11 is 0. The lowest BCUT2D eigenvalue weighted by Gasteiger charge is -2.33. The predicted molar refractivity (Wildman–Crippen MR) is 77.2 cm³/mol. The molecule has 0 spiro atoms. The van der Waals surface area contributed by atoms with E-state index in [9.17, 15) is 13.2 Å². The Balaban J connectivity index is 2.07.